The van der Waals surface area contributed by atoms with Gasteiger partial charge in [0.2, 0.25) is 0 Å². The Bertz CT molecular complexity index is 482. The minimum absolute atomic E-state index is 0.109. The molecule has 1 amide bonds. The number of aliphatic carboxylic acids is 1. The molecule has 0 radical (unpaired) electrons. The number of rotatable bonds is 3. The van der Waals surface area contributed by atoms with Crippen LogP contribution >= 0.6 is 0 Å². The third-order valence-corrected chi connectivity index (χ3v) is 2.58. The zero-order chi connectivity index (χ0) is 14.8. The number of amides is 1. The lowest BCUT2D eigenvalue weighted by Gasteiger charge is -2.26. The number of aryl methyl sites for hydroxylation is 1. The fraction of sp³-hybridized carbons (Fsp3) is 0.333. The smallest absolute Gasteiger partial charge is 0.471 e. The largest absolute Gasteiger partial charge is 0.479 e. The molecule has 0 saturated heterocycles. The number of alkyl halides is 3. The number of nitrogens with zero attached hydrogens (tertiary/aromatic N) is 1. The first kappa shape index (κ1) is 15.0. The van der Waals surface area contributed by atoms with Crippen LogP contribution < -0.4 is 0 Å². The molecule has 0 heterocycles. The van der Waals surface area contributed by atoms with Crippen LogP contribution in [0.5, 0.6) is 0 Å². The van der Waals surface area contributed by atoms with Gasteiger partial charge in [-0.3, -0.25) is 4.79 Å². The SMILES string of the molecule is Cc1ccc(C(C(=O)O)N(C)C(=O)C(F)(F)F)cc1. The topological polar surface area (TPSA) is 57.6 Å². The number of hydrogen-bond acceptors (Lipinski definition) is 2. The molecule has 1 aromatic rings. The van der Waals surface area contributed by atoms with Gasteiger partial charge in [0.1, 0.15) is 0 Å². The molecule has 0 aliphatic carbocycles. The molecular weight excluding hydrogens is 263 g/mol. The highest BCUT2D eigenvalue weighted by atomic mass is 19.4. The Morgan fingerprint density at radius 3 is 2.05 bits per heavy atom. The third kappa shape index (κ3) is 3.46. The average molecular weight is 275 g/mol. The van der Waals surface area contributed by atoms with Crippen molar-refractivity contribution in [3.8, 4) is 0 Å². The lowest BCUT2D eigenvalue weighted by atomic mass is 10.0. The second-order valence-corrected chi connectivity index (χ2v) is 4.07. The molecule has 1 aromatic carbocycles. The molecule has 0 fully saturated rings. The molecule has 0 aliphatic rings. The Morgan fingerprint density at radius 1 is 1.21 bits per heavy atom. The van der Waals surface area contributed by atoms with Gasteiger partial charge >= 0.3 is 18.1 Å². The van der Waals surface area contributed by atoms with Crippen LogP contribution in [0, 0.1) is 6.92 Å². The second kappa shape index (κ2) is 5.29. The van der Waals surface area contributed by atoms with E-state index >= 15 is 0 Å². The van der Waals surface area contributed by atoms with Crippen molar-refractivity contribution in [2.75, 3.05) is 7.05 Å². The Morgan fingerprint density at radius 2 is 1.68 bits per heavy atom. The highest BCUT2D eigenvalue weighted by Gasteiger charge is 2.45. The van der Waals surface area contributed by atoms with Crippen LogP contribution in [-0.2, 0) is 9.59 Å². The first-order valence-corrected chi connectivity index (χ1v) is 5.28. The fourth-order valence-electron chi connectivity index (χ4n) is 1.60. The Kier molecular flexibility index (Phi) is 4.18. The van der Waals surface area contributed by atoms with Gasteiger partial charge in [-0.25, -0.2) is 4.79 Å². The van der Waals surface area contributed by atoms with E-state index in [9.17, 15) is 22.8 Å². The van der Waals surface area contributed by atoms with Crippen molar-refractivity contribution >= 4 is 11.9 Å². The van der Waals surface area contributed by atoms with Gasteiger partial charge in [-0.05, 0) is 12.5 Å². The van der Waals surface area contributed by atoms with Crippen LogP contribution in [0.1, 0.15) is 17.2 Å². The summed E-state index contributed by atoms with van der Waals surface area (Å²) in [6.45, 7) is 1.75. The minimum atomic E-state index is -5.10. The van der Waals surface area contributed by atoms with Gasteiger partial charge in [0.25, 0.3) is 0 Å². The number of likely N-dealkylation sites (N-methyl/N-ethyl adjacent to an activating group) is 1. The maximum atomic E-state index is 12.3. The van der Waals surface area contributed by atoms with Crippen molar-refractivity contribution in [3.63, 3.8) is 0 Å². The molecule has 0 bridgehead atoms. The number of carbonyl (C=O) groups excluding carboxylic acids is 1. The van der Waals surface area contributed by atoms with Crippen molar-refractivity contribution in [3.05, 3.63) is 35.4 Å². The van der Waals surface area contributed by atoms with Gasteiger partial charge in [-0.2, -0.15) is 13.2 Å². The highest BCUT2D eigenvalue weighted by molar-refractivity contribution is 5.87. The van der Waals surface area contributed by atoms with Crippen LogP contribution in [0.2, 0.25) is 0 Å². The Labute approximate surface area is 107 Å². The Hall–Kier alpha value is -2.05. The van der Waals surface area contributed by atoms with E-state index in [1.54, 1.807) is 19.1 Å². The number of hydrogen-bond donors (Lipinski definition) is 1. The summed E-state index contributed by atoms with van der Waals surface area (Å²) >= 11 is 0. The highest BCUT2D eigenvalue weighted by Crippen LogP contribution is 2.26. The zero-order valence-electron chi connectivity index (χ0n) is 10.2. The summed E-state index contributed by atoms with van der Waals surface area (Å²) in [5.41, 5.74) is 0.941. The van der Waals surface area contributed by atoms with Crippen molar-refractivity contribution < 1.29 is 27.9 Å². The van der Waals surface area contributed by atoms with Crippen LogP contribution in [0.3, 0.4) is 0 Å². The van der Waals surface area contributed by atoms with Gasteiger partial charge in [0, 0.05) is 7.05 Å². The molecule has 104 valence electrons. The first-order chi connectivity index (χ1) is 8.64. The minimum Gasteiger partial charge on any atom is -0.479 e. The number of carboxylic acids is 1. The van der Waals surface area contributed by atoms with E-state index in [-0.39, 0.29) is 10.5 Å². The summed E-state index contributed by atoms with van der Waals surface area (Å²) in [4.78, 5) is 22.4. The van der Waals surface area contributed by atoms with Crippen molar-refractivity contribution in [1.29, 1.82) is 0 Å². The number of benzene rings is 1. The summed E-state index contributed by atoms with van der Waals surface area (Å²) in [6.07, 6.45) is -5.10. The molecular formula is C12H12F3NO3. The molecule has 1 rings (SSSR count). The quantitative estimate of drug-likeness (QED) is 0.919. The molecule has 0 aliphatic heterocycles. The number of halogens is 3. The van der Waals surface area contributed by atoms with Crippen LogP contribution in [0.4, 0.5) is 13.2 Å². The average Bonchev–Trinajstić information content (AvgIpc) is 2.29. The molecule has 0 aromatic heterocycles. The molecule has 0 spiro atoms. The van der Waals surface area contributed by atoms with Crippen LogP contribution in [0.25, 0.3) is 0 Å². The molecule has 4 nitrogen and oxygen atoms in total. The third-order valence-electron chi connectivity index (χ3n) is 2.58. The van der Waals surface area contributed by atoms with Gasteiger partial charge in [0.15, 0.2) is 6.04 Å². The lowest BCUT2D eigenvalue weighted by molar-refractivity contribution is -0.188. The molecule has 1 atom stereocenters. The van der Waals surface area contributed by atoms with E-state index in [2.05, 4.69) is 0 Å². The number of carbonyl (C=O) groups is 2. The fourth-order valence-corrected chi connectivity index (χ4v) is 1.60. The number of carboxylic acid groups (broad SMARTS) is 1. The second-order valence-electron chi connectivity index (χ2n) is 4.07. The van der Waals surface area contributed by atoms with E-state index in [0.29, 0.717) is 0 Å². The van der Waals surface area contributed by atoms with Crippen molar-refractivity contribution in [2.24, 2.45) is 0 Å². The van der Waals surface area contributed by atoms with Gasteiger partial charge in [-0.15, -0.1) is 0 Å². The molecule has 1 unspecified atom stereocenters. The maximum Gasteiger partial charge on any atom is 0.471 e. The summed E-state index contributed by atoms with van der Waals surface area (Å²) in [7, 11) is 0.814. The van der Waals surface area contributed by atoms with E-state index in [4.69, 9.17) is 5.11 Å². The van der Waals surface area contributed by atoms with Gasteiger partial charge in [0.05, 0.1) is 0 Å². The van der Waals surface area contributed by atoms with Crippen LogP contribution in [-0.4, -0.2) is 35.1 Å². The lowest BCUT2D eigenvalue weighted by Crippen LogP contribution is -2.43. The molecule has 0 saturated carbocycles. The van der Waals surface area contributed by atoms with E-state index in [1.165, 1.54) is 12.1 Å². The monoisotopic (exact) mass is 275 g/mol. The summed E-state index contributed by atoms with van der Waals surface area (Å²) in [5.74, 6) is -3.72. The van der Waals surface area contributed by atoms with E-state index in [0.717, 1.165) is 12.6 Å². The first-order valence-electron chi connectivity index (χ1n) is 5.28. The van der Waals surface area contributed by atoms with Gasteiger partial charge < -0.3 is 10.0 Å². The summed E-state index contributed by atoms with van der Waals surface area (Å²) in [5, 5.41) is 9.02. The summed E-state index contributed by atoms with van der Waals surface area (Å²) < 4.78 is 37.0. The van der Waals surface area contributed by atoms with Crippen molar-refractivity contribution in [2.45, 2.75) is 19.1 Å². The standard InChI is InChI=1S/C12H12F3NO3/c1-7-3-5-8(6-4-7)9(10(17)18)16(2)11(19)12(13,14)15/h3-6,9H,1-2H3,(H,17,18). The predicted octanol–water partition coefficient (Wildman–Crippen LogP) is 2.14. The normalized spacial score (nSPS) is 12.9. The predicted molar refractivity (Wildman–Crippen MR) is 60.4 cm³/mol. The summed E-state index contributed by atoms with van der Waals surface area (Å²) in [6, 6.07) is 4.23. The molecule has 7 heteroatoms. The van der Waals surface area contributed by atoms with Gasteiger partial charge in [-0.1, -0.05) is 29.8 Å². The molecule has 1 N–H and O–H groups in total. The van der Waals surface area contributed by atoms with Crippen LogP contribution in [0.15, 0.2) is 24.3 Å². The zero-order valence-corrected chi connectivity index (χ0v) is 10.2. The maximum absolute atomic E-state index is 12.3. The van der Waals surface area contributed by atoms with Crippen molar-refractivity contribution in [1.82, 2.24) is 4.90 Å². The van der Waals surface area contributed by atoms with E-state index in [1.807, 2.05) is 0 Å². The van der Waals surface area contributed by atoms with E-state index < -0.39 is 24.1 Å². The Balaban J connectivity index is 3.12. The molecule has 19 heavy (non-hydrogen) atoms.